The molecule has 0 heterocycles. The maximum atomic E-state index is 10.9. The smallest absolute Gasteiger partial charge is 0.407 e. The van der Waals surface area contributed by atoms with Crippen molar-refractivity contribution >= 4 is 6.09 Å². The van der Waals surface area contributed by atoms with Crippen LogP contribution in [0.4, 0.5) is 4.79 Å². The fourth-order valence-corrected chi connectivity index (χ4v) is 1.16. The van der Waals surface area contributed by atoms with Gasteiger partial charge in [0.05, 0.1) is 0 Å². The topological polar surface area (TPSA) is 60.8 Å². The number of rotatable bonds is 4. The third-order valence-corrected chi connectivity index (χ3v) is 2.20. The van der Waals surface area contributed by atoms with Crippen molar-refractivity contribution in [3.63, 3.8) is 0 Å². The van der Waals surface area contributed by atoms with Crippen LogP contribution in [0, 0.1) is 5.92 Å². The third-order valence-electron chi connectivity index (χ3n) is 2.20. The second-order valence-corrected chi connectivity index (χ2v) is 4.68. The first-order valence-corrected chi connectivity index (χ1v) is 4.90. The quantitative estimate of drug-likeness (QED) is 0.732. The monoisotopic (exact) mass is 203 g/mol. The van der Waals surface area contributed by atoms with Crippen LogP contribution in [0.25, 0.3) is 0 Å². The normalized spacial score (nSPS) is 13.8. The van der Waals surface area contributed by atoms with Crippen LogP contribution in [-0.2, 0) is 0 Å². The van der Waals surface area contributed by atoms with Gasteiger partial charge in [0.2, 0.25) is 0 Å². The van der Waals surface area contributed by atoms with Crippen molar-refractivity contribution in [2.75, 3.05) is 13.2 Å². The summed E-state index contributed by atoms with van der Waals surface area (Å²) >= 11 is 0. The summed E-state index contributed by atoms with van der Waals surface area (Å²) in [6.07, 6.45) is -0.206. The number of carbonyl (C=O) groups is 1. The zero-order valence-electron chi connectivity index (χ0n) is 9.45. The first-order chi connectivity index (χ1) is 6.29. The lowest BCUT2D eigenvalue weighted by atomic mass is 10.0. The van der Waals surface area contributed by atoms with E-state index in [1.807, 2.05) is 27.7 Å². The summed E-state index contributed by atoms with van der Waals surface area (Å²) in [6.45, 7) is 8.08. The van der Waals surface area contributed by atoms with E-state index in [4.69, 9.17) is 10.2 Å². The molecule has 1 amide bonds. The summed E-state index contributed by atoms with van der Waals surface area (Å²) in [7, 11) is 0. The Balaban J connectivity index is 4.19. The van der Waals surface area contributed by atoms with Crippen LogP contribution in [0.5, 0.6) is 0 Å². The molecule has 0 aliphatic carbocycles. The molecule has 4 heteroatoms. The summed E-state index contributed by atoms with van der Waals surface area (Å²) in [5.74, 6) is 0.152. The zero-order valence-corrected chi connectivity index (χ0v) is 9.45. The molecule has 0 saturated carbocycles. The Morgan fingerprint density at radius 3 is 2.21 bits per heavy atom. The molecule has 0 aromatic rings. The minimum atomic E-state index is -0.900. The molecule has 0 saturated heterocycles. The number of amides is 1. The fraction of sp³-hybridized carbons (Fsp3) is 0.900. The lowest BCUT2D eigenvalue weighted by molar-refractivity contribution is 0.0930. The van der Waals surface area contributed by atoms with Crippen molar-refractivity contribution in [3.05, 3.63) is 0 Å². The molecule has 14 heavy (non-hydrogen) atoms. The second-order valence-electron chi connectivity index (χ2n) is 4.68. The number of aliphatic hydroxyl groups excluding tert-OH is 1. The summed E-state index contributed by atoms with van der Waals surface area (Å²) in [6, 6.07) is 0. The fourth-order valence-electron chi connectivity index (χ4n) is 1.16. The molecular formula is C10H21NO3. The first-order valence-electron chi connectivity index (χ1n) is 4.90. The van der Waals surface area contributed by atoms with Crippen molar-refractivity contribution in [1.29, 1.82) is 0 Å². The van der Waals surface area contributed by atoms with Crippen LogP contribution in [0.15, 0.2) is 0 Å². The SMILES string of the molecule is CC(CO)CCN(C(=O)O)C(C)(C)C. The largest absolute Gasteiger partial charge is 0.465 e. The van der Waals surface area contributed by atoms with E-state index in [1.165, 1.54) is 4.90 Å². The molecule has 0 aliphatic rings. The minimum Gasteiger partial charge on any atom is -0.465 e. The maximum Gasteiger partial charge on any atom is 0.407 e. The Labute approximate surface area is 85.5 Å². The van der Waals surface area contributed by atoms with Crippen LogP contribution in [0.2, 0.25) is 0 Å². The molecule has 84 valence electrons. The van der Waals surface area contributed by atoms with E-state index in [-0.39, 0.29) is 18.1 Å². The van der Waals surface area contributed by atoms with Gasteiger partial charge in [-0.3, -0.25) is 0 Å². The average molecular weight is 203 g/mol. The van der Waals surface area contributed by atoms with Gasteiger partial charge < -0.3 is 15.1 Å². The molecular weight excluding hydrogens is 182 g/mol. The lowest BCUT2D eigenvalue weighted by Gasteiger charge is -2.33. The van der Waals surface area contributed by atoms with Gasteiger partial charge in [-0.25, -0.2) is 4.79 Å². The van der Waals surface area contributed by atoms with Gasteiger partial charge in [-0.1, -0.05) is 6.92 Å². The van der Waals surface area contributed by atoms with E-state index in [0.717, 1.165) is 0 Å². The van der Waals surface area contributed by atoms with Crippen LogP contribution in [0.1, 0.15) is 34.1 Å². The van der Waals surface area contributed by atoms with Crippen molar-refractivity contribution in [2.45, 2.75) is 39.7 Å². The van der Waals surface area contributed by atoms with Crippen molar-refractivity contribution < 1.29 is 15.0 Å². The van der Waals surface area contributed by atoms with E-state index in [9.17, 15) is 4.79 Å². The van der Waals surface area contributed by atoms with Crippen LogP contribution in [-0.4, -0.2) is 39.9 Å². The van der Waals surface area contributed by atoms with Gasteiger partial charge in [0.15, 0.2) is 0 Å². The predicted octanol–water partition coefficient (Wildman–Crippen LogP) is 1.78. The second kappa shape index (κ2) is 5.20. The molecule has 0 spiro atoms. The summed E-state index contributed by atoms with van der Waals surface area (Å²) < 4.78 is 0. The van der Waals surface area contributed by atoms with E-state index in [2.05, 4.69) is 0 Å². The molecule has 0 radical (unpaired) electrons. The lowest BCUT2D eigenvalue weighted by Crippen LogP contribution is -2.45. The van der Waals surface area contributed by atoms with E-state index < -0.39 is 6.09 Å². The number of hydrogen-bond donors (Lipinski definition) is 2. The van der Waals surface area contributed by atoms with Crippen LogP contribution in [0.3, 0.4) is 0 Å². The van der Waals surface area contributed by atoms with Gasteiger partial charge >= 0.3 is 6.09 Å². The first kappa shape index (κ1) is 13.2. The van der Waals surface area contributed by atoms with Crippen molar-refractivity contribution in [2.24, 2.45) is 5.92 Å². The van der Waals surface area contributed by atoms with Gasteiger partial charge in [0, 0.05) is 18.7 Å². The molecule has 1 unspecified atom stereocenters. The zero-order chi connectivity index (χ0) is 11.4. The summed E-state index contributed by atoms with van der Waals surface area (Å²) in [4.78, 5) is 12.3. The molecule has 1 atom stereocenters. The Bertz CT molecular complexity index is 186. The molecule has 0 bridgehead atoms. The highest BCUT2D eigenvalue weighted by Gasteiger charge is 2.25. The van der Waals surface area contributed by atoms with Gasteiger partial charge in [-0.2, -0.15) is 0 Å². The van der Waals surface area contributed by atoms with Gasteiger partial charge in [0.25, 0.3) is 0 Å². The Kier molecular flexibility index (Phi) is 4.91. The van der Waals surface area contributed by atoms with E-state index in [0.29, 0.717) is 13.0 Å². The van der Waals surface area contributed by atoms with Gasteiger partial charge in [-0.05, 0) is 33.1 Å². The van der Waals surface area contributed by atoms with E-state index in [1.54, 1.807) is 0 Å². The molecule has 0 aromatic heterocycles. The van der Waals surface area contributed by atoms with Crippen LogP contribution >= 0.6 is 0 Å². The van der Waals surface area contributed by atoms with Crippen LogP contribution < -0.4 is 0 Å². The predicted molar refractivity (Wildman–Crippen MR) is 55.4 cm³/mol. The molecule has 0 fully saturated rings. The number of aliphatic hydroxyl groups is 1. The highest BCUT2D eigenvalue weighted by Crippen LogP contribution is 2.15. The average Bonchev–Trinajstić information content (AvgIpc) is 2.01. The molecule has 0 aromatic carbocycles. The highest BCUT2D eigenvalue weighted by molar-refractivity contribution is 5.65. The molecule has 2 N–H and O–H groups in total. The molecule has 0 rings (SSSR count). The number of carboxylic acid groups (broad SMARTS) is 1. The van der Waals surface area contributed by atoms with E-state index >= 15 is 0 Å². The minimum absolute atomic E-state index is 0.109. The van der Waals surface area contributed by atoms with Gasteiger partial charge in [-0.15, -0.1) is 0 Å². The number of nitrogens with zero attached hydrogens (tertiary/aromatic N) is 1. The molecule has 0 aliphatic heterocycles. The Morgan fingerprint density at radius 2 is 1.93 bits per heavy atom. The third kappa shape index (κ3) is 4.46. The standard InChI is InChI=1S/C10H21NO3/c1-8(7-12)5-6-11(9(13)14)10(2,3)4/h8,12H,5-7H2,1-4H3,(H,13,14). The molecule has 4 nitrogen and oxygen atoms in total. The summed E-state index contributed by atoms with van der Waals surface area (Å²) in [5.41, 5.74) is -0.374. The van der Waals surface area contributed by atoms with Crippen molar-refractivity contribution in [1.82, 2.24) is 4.90 Å². The highest BCUT2D eigenvalue weighted by atomic mass is 16.4. The van der Waals surface area contributed by atoms with Crippen molar-refractivity contribution in [3.8, 4) is 0 Å². The summed E-state index contributed by atoms with van der Waals surface area (Å²) in [5, 5.41) is 17.8. The maximum absolute atomic E-state index is 10.9. The number of hydrogen-bond acceptors (Lipinski definition) is 2. The Hall–Kier alpha value is -0.770. The Morgan fingerprint density at radius 1 is 1.43 bits per heavy atom. The van der Waals surface area contributed by atoms with Gasteiger partial charge in [0.1, 0.15) is 0 Å².